The Labute approximate surface area is 86.9 Å². The van der Waals surface area contributed by atoms with Gasteiger partial charge in [0.05, 0.1) is 0 Å². The van der Waals surface area contributed by atoms with E-state index in [-0.39, 0.29) is 0 Å². The molecule has 0 aromatic carbocycles. The van der Waals surface area contributed by atoms with Crippen LogP contribution in [0.1, 0.15) is 39.0 Å². The third-order valence-electron chi connectivity index (χ3n) is 4.09. The van der Waals surface area contributed by atoms with Gasteiger partial charge in [0, 0.05) is 6.04 Å². The fraction of sp³-hybridized carbons (Fsp3) is 0.833. The Hall–Kier alpha value is -0.340. The average Bonchev–Trinajstić information content (AvgIpc) is 2.74. The van der Waals surface area contributed by atoms with E-state index < -0.39 is 0 Å². The topological polar surface area (TPSA) is 38.0 Å². The SMILES string of the molecule is C=C(C)CC(NN)C1CC2CCC1C2. The van der Waals surface area contributed by atoms with Crippen LogP contribution in [0.25, 0.3) is 0 Å². The van der Waals surface area contributed by atoms with Gasteiger partial charge >= 0.3 is 0 Å². The monoisotopic (exact) mass is 194 g/mol. The second-order valence-electron chi connectivity index (χ2n) is 5.27. The second kappa shape index (κ2) is 4.03. The molecule has 4 unspecified atom stereocenters. The Kier molecular flexibility index (Phi) is 2.93. The maximum Gasteiger partial charge on any atom is 0.0278 e. The molecule has 2 aliphatic carbocycles. The number of hydrogen-bond acceptors (Lipinski definition) is 2. The molecule has 14 heavy (non-hydrogen) atoms. The Morgan fingerprint density at radius 1 is 1.50 bits per heavy atom. The normalized spacial score (nSPS) is 37.4. The van der Waals surface area contributed by atoms with Crippen molar-refractivity contribution in [1.29, 1.82) is 0 Å². The van der Waals surface area contributed by atoms with Gasteiger partial charge in [0.15, 0.2) is 0 Å². The van der Waals surface area contributed by atoms with E-state index in [1.54, 1.807) is 0 Å². The lowest BCUT2D eigenvalue weighted by atomic mass is 9.81. The van der Waals surface area contributed by atoms with Crippen molar-refractivity contribution < 1.29 is 0 Å². The van der Waals surface area contributed by atoms with E-state index in [2.05, 4.69) is 18.9 Å². The molecule has 0 saturated heterocycles. The van der Waals surface area contributed by atoms with Crippen molar-refractivity contribution in [3.05, 3.63) is 12.2 Å². The van der Waals surface area contributed by atoms with Crippen molar-refractivity contribution in [3.8, 4) is 0 Å². The van der Waals surface area contributed by atoms with Gasteiger partial charge in [-0.15, -0.1) is 6.58 Å². The summed E-state index contributed by atoms with van der Waals surface area (Å²) in [5, 5.41) is 0. The molecule has 2 rings (SSSR count). The quantitative estimate of drug-likeness (QED) is 0.409. The van der Waals surface area contributed by atoms with Crippen LogP contribution in [0.2, 0.25) is 0 Å². The Bertz CT molecular complexity index is 224. The fourth-order valence-corrected chi connectivity index (χ4v) is 3.50. The highest BCUT2D eigenvalue weighted by Gasteiger charge is 2.42. The molecule has 80 valence electrons. The minimum absolute atomic E-state index is 0.475. The summed E-state index contributed by atoms with van der Waals surface area (Å²) in [5.74, 6) is 8.41. The largest absolute Gasteiger partial charge is 0.271 e. The summed E-state index contributed by atoms with van der Waals surface area (Å²) >= 11 is 0. The summed E-state index contributed by atoms with van der Waals surface area (Å²) in [6, 6.07) is 0.475. The molecular formula is C12H22N2. The van der Waals surface area contributed by atoms with E-state index in [9.17, 15) is 0 Å². The first-order valence-electron chi connectivity index (χ1n) is 5.81. The van der Waals surface area contributed by atoms with Gasteiger partial charge in [-0.3, -0.25) is 11.3 Å². The smallest absolute Gasteiger partial charge is 0.0278 e. The average molecular weight is 194 g/mol. The molecule has 2 nitrogen and oxygen atoms in total. The maximum atomic E-state index is 5.64. The molecular weight excluding hydrogens is 172 g/mol. The van der Waals surface area contributed by atoms with Gasteiger partial charge in [-0.25, -0.2) is 0 Å². The molecule has 3 N–H and O–H groups in total. The number of rotatable bonds is 4. The lowest BCUT2D eigenvalue weighted by Gasteiger charge is -2.30. The summed E-state index contributed by atoms with van der Waals surface area (Å²) in [4.78, 5) is 0. The first-order valence-corrected chi connectivity index (χ1v) is 5.81. The minimum Gasteiger partial charge on any atom is -0.271 e. The third-order valence-corrected chi connectivity index (χ3v) is 4.09. The van der Waals surface area contributed by atoms with E-state index in [1.165, 1.54) is 31.3 Å². The molecule has 0 radical (unpaired) electrons. The zero-order chi connectivity index (χ0) is 10.1. The zero-order valence-corrected chi connectivity index (χ0v) is 9.13. The van der Waals surface area contributed by atoms with Gasteiger partial charge in [-0.05, 0) is 50.4 Å². The second-order valence-corrected chi connectivity index (χ2v) is 5.27. The first-order chi connectivity index (χ1) is 6.70. The van der Waals surface area contributed by atoms with Crippen LogP contribution in [0.3, 0.4) is 0 Å². The zero-order valence-electron chi connectivity index (χ0n) is 9.13. The van der Waals surface area contributed by atoms with Crippen molar-refractivity contribution in [2.24, 2.45) is 23.6 Å². The molecule has 0 aliphatic heterocycles. The van der Waals surface area contributed by atoms with Gasteiger partial charge in [0.2, 0.25) is 0 Å². The van der Waals surface area contributed by atoms with Crippen LogP contribution in [0, 0.1) is 17.8 Å². The summed E-state index contributed by atoms with van der Waals surface area (Å²) in [6.45, 7) is 6.08. The van der Waals surface area contributed by atoms with Crippen LogP contribution in [-0.2, 0) is 0 Å². The van der Waals surface area contributed by atoms with E-state index in [4.69, 9.17) is 5.84 Å². The van der Waals surface area contributed by atoms with Crippen molar-refractivity contribution in [2.45, 2.75) is 45.1 Å². The summed E-state index contributed by atoms with van der Waals surface area (Å²) in [5.41, 5.74) is 4.25. The maximum absolute atomic E-state index is 5.64. The third kappa shape index (κ3) is 1.86. The van der Waals surface area contributed by atoms with Crippen LogP contribution >= 0.6 is 0 Å². The van der Waals surface area contributed by atoms with Crippen LogP contribution in [-0.4, -0.2) is 6.04 Å². The molecule has 2 bridgehead atoms. The predicted molar refractivity (Wildman–Crippen MR) is 59.5 cm³/mol. The van der Waals surface area contributed by atoms with E-state index in [1.807, 2.05) is 0 Å². The molecule has 0 aromatic rings. The number of hydrogen-bond donors (Lipinski definition) is 2. The molecule has 2 heteroatoms. The molecule has 4 atom stereocenters. The lowest BCUT2D eigenvalue weighted by Crippen LogP contribution is -2.42. The predicted octanol–water partition coefficient (Wildman–Crippen LogP) is 2.22. The number of hydrazine groups is 1. The van der Waals surface area contributed by atoms with Crippen molar-refractivity contribution in [2.75, 3.05) is 0 Å². The summed E-state index contributed by atoms with van der Waals surface area (Å²) in [6.07, 6.45) is 6.80. The first kappa shape index (κ1) is 10.2. The van der Waals surface area contributed by atoms with Gasteiger partial charge in [0.1, 0.15) is 0 Å². The standard InChI is InChI=1S/C12H22N2/c1-8(2)5-12(14-13)11-7-9-3-4-10(11)6-9/h9-12,14H,1,3-7,13H2,2H3. The Morgan fingerprint density at radius 2 is 2.29 bits per heavy atom. The molecule has 0 heterocycles. The van der Waals surface area contributed by atoms with E-state index >= 15 is 0 Å². The molecule has 2 saturated carbocycles. The Morgan fingerprint density at radius 3 is 2.71 bits per heavy atom. The van der Waals surface area contributed by atoms with Crippen LogP contribution in [0.15, 0.2) is 12.2 Å². The number of nitrogens with two attached hydrogens (primary N) is 1. The van der Waals surface area contributed by atoms with Crippen LogP contribution in [0.5, 0.6) is 0 Å². The van der Waals surface area contributed by atoms with Crippen molar-refractivity contribution in [3.63, 3.8) is 0 Å². The number of fused-ring (bicyclic) bond motifs is 2. The van der Waals surface area contributed by atoms with Crippen LogP contribution in [0.4, 0.5) is 0 Å². The van der Waals surface area contributed by atoms with Crippen molar-refractivity contribution >= 4 is 0 Å². The molecule has 2 aliphatic rings. The summed E-state index contributed by atoms with van der Waals surface area (Å²) < 4.78 is 0. The van der Waals surface area contributed by atoms with E-state index in [0.717, 1.165) is 24.2 Å². The highest BCUT2D eigenvalue weighted by Crippen LogP contribution is 2.50. The van der Waals surface area contributed by atoms with Gasteiger partial charge in [-0.2, -0.15) is 0 Å². The highest BCUT2D eigenvalue weighted by molar-refractivity contribution is 5.00. The molecule has 0 spiro atoms. The fourth-order valence-electron chi connectivity index (χ4n) is 3.50. The molecule has 0 aromatic heterocycles. The lowest BCUT2D eigenvalue weighted by molar-refractivity contribution is 0.248. The molecule has 0 amide bonds. The highest BCUT2D eigenvalue weighted by atomic mass is 15.2. The van der Waals surface area contributed by atoms with E-state index in [0.29, 0.717) is 6.04 Å². The van der Waals surface area contributed by atoms with Gasteiger partial charge in [-0.1, -0.05) is 12.0 Å². The van der Waals surface area contributed by atoms with Crippen molar-refractivity contribution in [1.82, 2.24) is 5.43 Å². The number of nitrogens with one attached hydrogen (secondary N) is 1. The van der Waals surface area contributed by atoms with Gasteiger partial charge in [0.25, 0.3) is 0 Å². The summed E-state index contributed by atoms with van der Waals surface area (Å²) in [7, 11) is 0. The minimum atomic E-state index is 0.475. The van der Waals surface area contributed by atoms with Gasteiger partial charge < -0.3 is 0 Å². The Balaban J connectivity index is 1.95. The molecule has 2 fully saturated rings. The van der Waals surface area contributed by atoms with Crippen LogP contribution < -0.4 is 11.3 Å².